The summed E-state index contributed by atoms with van der Waals surface area (Å²) in [5.74, 6) is -0.726. The van der Waals surface area contributed by atoms with Crippen LogP contribution in [-0.2, 0) is 27.3 Å². The van der Waals surface area contributed by atoms with Crippen LogP contribution in [-0.4, -0.2) is 34.2 Å². The minimum absolute atomic E-state index is 0.00710. The molecule has 4 aromatic rings. The van der Waals surface area contributed by atoms with Crippen molar-refractivity contribution < 1.29 is 26.7 Å². The number of aromatic nitrogens is 1. The molecule has 0 atom stereocenters. The van der Waals surface area contributed by atoms with Crippen LogP contribution in [0.2, 0.25) is 0 Å². The van der Waals surface area contributed by atoms with Gasteiger partial charge in [0, 0.05) is 41.4 Å². The van der Waals surface area contributed by atoms with Crippen molar-refractivity contribution in [3.05, 3.63) is 113 Å². The molecule has 0 fully saturated rings. The highest BCUT2D eigenvalue weighted by molar-refractivity contribution is 14.1. The van der Waals surface area contributed by atoms with E-state index in [4.69, 9.17) is 9.47 Å². The number of sulfonamides is 1. The van der Waals surface area contributed by atoms with E-state index in [1.165, 1.54) is 54.9 Å². The van der Waals surface area contributed by atoms with Gasteiger partial charge in [0.25, 0.3) is 10.0 Å². The summed E-state index contributed by atoms with van der Waals surface area (Å²) >= 11 is 2.20. The Hall–Kier alpha value is -3.25. The number of hydrogen-bond acceptors (Lipinski definition) is 5. The van der Waals surface area contributed by atoms with Crippen molar-refractivity contribution in [3.8, 4) is 11.5 Å². The van der Waals surface area contributed by atoms with E-state index in [0.29, 0.717) is 27.8 Å². The summed E-state index contributed by atoms with van der Waals surface area (Å²) in [6.07, 6.45) is 3.56. The predicted molar refractivity (Wildman–Crippen MR) is 155 cm³/mol. The fourth-order valence-electron chi connectivity index (χ4n) is 4.25. The standard InChI is InChI=1S/C29H27F2IN2O4S/c1-37-28-11-9-23(17-29(28)38-2)39(35,36)34(14-12-20-5-4-13-33-19-20)27-10-8-21(18-32)15-22(27)16-24-25(30)6-3-7-26(24)31/h3-11,13,15,17,19H,12,14,16,18H2,1-2H3. The Morgan fingerprint density at radius 2 is 1.64 bits per heavy atom. The Balaban J connectivity index is 1.86. The first kappa shape index (κ1) is 28.8. The Morgan fingerprint density at radius 3 is 2.28 bits per heavy atom. The smallest absolute Gasteiger partial charge is 0.264 e. The summed E-state index contributed by atoms with van der Waals surface area (Å²) in [4.78, 5) is 4.12. The lowest BCUT2D eigenvalue weighted by Crippen LogP contribution is -2.34. The number of ether oxygens (including phenoxy) is 2. The fourth-order valence-corrected chi connectivity index (χ4v) is 6.24. The first-order valence-electron chi connectivity index (χ1n) is 12.0. The van der Waals surface area contributed by atoms with Gasteiger partial charge in [-0.3, -0.25) is 9.29 Å². The SMILES string of the molecule is COc1ccc(S(=O)(=O)N(CCc2cccnc2)c2ccc(CI)cc2Cc2c(F)cccc2F)cc1OC. The number of rotatable bonds is 11. The summed E-state index contributed by atoms with van der Waals surface area (Å²) in [5, 5.41) is 0. The van der Waals surface area contributed by atoms with Gasteiger partial charge in [-0.25, -0.2) is 17.2 Å². The van der Waals surface area contributed by atoms with Gasteiger partial charge < -0.3 is 9.47 Å². The van der Waals surface area contributed by atoms with Crippen LogP contribution in [0.1, 0.15) is 22.3 Å². The molecule has 3 aromatic carbocycles. The second-order valence-electron chi connectivity index (χ2n) is 8.68. The van der Waals surface area contributed by atoms with Crippen LogP contribution in [0.4, 0.5) is 14.5 Å². The molecule has 4 rings (SSSR count). The number of nitrogens with zero attached hydrogens (tertiary/aromatic N) is 2. The van der Waals surface area contributed by atoms with Crippen LogP contribution in [0.3, 0.4) is 0 Å². The van der Waals surface area contributed by atoms with E-state index in [0.717, 1.165) is 11.1 Å². The van der Waals surface area contributed by atoms with Crippen molar-refractivity contribution in [2.45, 2.75) is 22.2 Å². The highest BCUT2D eigenvalue weighted by Crippen LogP contribution is 2.35. The zero-order chi connectivity index (χ0) is 28.0. The third-order valence-electron chi connectivity index (χ3n) is 6.27. The predicted octanol–water partition coefficient (Wildman–Crippen LogP) is 6.34. The number of pyridine rings is 1. The molecule has 10 heteroatoms. The van der Waals surface area contributed by atoms with Gasteiger partial charge >= 0.3 is 0 Å². The van der Waals surface area contributed by atoms with Crippen molar-refractivity contribution in [2.24, 2.45) is 0 Å². The molecule has 0 bridgehead atoms. The summed E-state index contributed by atoms with van der Waals surface area (Å²) in [6, 6.07) is 17.0. The average molecular weight is 665 g/mol. The molecule has 0 saturated heterocycles. The maximum absolute atomic E-state index is 14.7. The molecule has 1 aromatic heterocycles. The molecule has 0 spiro atoms. The minimum atomic E-state index is -4.15. The second kappa shape index (κ2) is 12.7. The Labute approximate surface area is 240 Å². The van der Waals surface area contributed by atoms with E-state index < -0.39 is 21.7 Å². The maximum Gasteiger partial charge on any atom is 0.264 e. The Morgan fingerprint density at radius 1 is 0.897 bits per heavy atom. The Kier molecular flexibility index (Phi) is 9.39. The molecular weight excluding hydrogens is 637 g/mol. The van der Waals surface area contributed by atoms with Crippen molar-refractivity contribution in [2.75, 3.05) is 25.1 Å². The monoisotopic (exact) mass is 664 g/mol. The molecule has 0 unspecified atom stereocenters. The zero-order valence-electron chi connectivity index (χ0n) is 21.4. The summed E-state index contributed by atoms with van der Waals surface area (Å²) < 4.78 is 70.2. The molecule has 6 nitrogen and oxygen atoms in total. The molecule has 39 heavy (non-hydrogen) atoms. The summed E-state index contributed by atoms with van der Waals surface area (Å²) in [6.45, 7) is 0.0682. The maximum atomic E-state index is 14.7. The average Bonchev–Trinajstić information content (AvgIpc) is 2.95. The van der Waals surface area contributed by atoms with E-state index in [9.17, 15) is 17.2 Å². The van der Waals surface area contributed by atoms with Gasteiger partial charge in [0.2, 0.25) is 0 Å². The topological polar surface area (TPSA) is 68.7 Å². The van der Waals surface area contributed by atoms with E-state index in [2.05, 4.69) is 27.6 Å². The third kappa shape index (κ3) is 6.50. The van der Waals surface area contributed by atoms with Crippen molar-refractivity contribution in [1.82, 2.24) is 4.98 Å². The molecule has 0 radical (unpaired) electrons. The lowest BCUT2D eigenvalue weighted by Gasteiger charge is -2.28. The molecule has 0 aliphatic heterocycles. The van der Waals surface area contributed by atoms with E-state index in [1.54, 1.807) is 30.6 Å². The van der Waals surface area contributed by atoms with Gasteiger partial charge in [0.1, 0.15) is 11.6 Å². The van der Waals surface area contributed by atoms with Crippen molar-refractivity contribution >= 4 is 38.3 Å². The number of hydrogen-bond donors (Lipinski definition) is 0. The van der Waals surface area contributed by atoms with E-state index >= 15 is 0 Å². The minimum Gasteiger partial charge on any atom is -0.493 e. The van der Waals surface area contributed by atoms with Gasteiger partial charge in [-0.2, -0.15) is 0 Å². The quantitative estimate of drug-likeness (QED) is 0.138. The van der Waals surface area contributed by atoms with Crippen molar-refractivity contribution in [1.29, 1.82) is 0 Å². The van der Waals surface area contributed by atoms with Crippen LogP contribution in [0.25, 0.3) is 0 Å². The first-order valence-corrected chi connectivity index (χ1v) is 15.0. The number of anilines is 1. The van der Waals surface area contributed by atoms with Gasteiger partial charge in [0.05, 0.1) is 24.8 Å². The van der Waals surface area contributed by atoms with E-state index in [-0.39, 0.29) is 29.2 Å². The number of halogens is 3. The lowest BCUT2D eigenvalue weighted by atomic mass is 10.00. The van der Waals surface area contributed by atoms with Crippen molar-refractivity contribution in [3.63, 3.8) is 0 Å². The number of alkyl halides is 1. The molecule has 0 N–H and O–H groups in total. The number of benzene rings is 3. The molecule has 0 aliphatic carbocycles. The largest absolute Gasteiger partial charge is 0.493 e. The van der Waals surface area contributed by atoms with E-state index in [1.807, 2.05) is 12.1 Å². The molecule has 204 valence electrons. The molecule has 0 aliphatic rings. The molecule has 0 amide bonds. The van der Waals surface area contributed by atoms with Gasteiger partial charge in [-0.15, -0.1) is 0 Å². The third-order valence-corrected chi connectivity index (χ3v) is 8.96. The second-order valence-corrected chi connectivity index (χ2v) is 11.3. The Bertz CT molecular complexity index is 1530. The van der Waals surface area contributed by atoms with Crippen LogP contribution in [0.5, 0.6) is 11.5 Å². The lowest BCUT2D eigenvalue weighted by molar-refractivity contribution is 0.354. The zero-order valence-corrected chi connectivity index (χ0v) is 24.4. The van der Waals surface area contributed by atoms with Crippen LogP contribution >= 0.6 is 22.6 Å². The summed E-state index contributed by atoms with van der Waals surface area (Å²) in [5.41, 5.74) is 2.45. The normalized spacial score (nSPS) is 11.3. The molecule has 1 heterocycles. The highest BCUT2D eigenvalue weighted by Gasteiger charge is 2.28. The van der Waals surface area contributed by atoms with Gasteiger partial charge in [0.15, 0.2) is 11.5 Å². The number of methoxy groups -OCH3 is 2. The first-order chi connectivity index (χ1) is 18.8. The van der Waals surface area contributed by atoms with Crippen LogP contribution in [0, 0.1) is 11.6 Å². The van der Waals surface area contributed by atoms with Gasteiger partial charge in [-0.05, 0) is 59.5 Å². The molecular formula is C29H27F2IN2O4S. The summed E-state index contributed by atoms with van der Waals surface area (Å²) in [7, 11) is -1.25. The van der Waals surface area contributed by atoms with Gasteiger partial charge in [-0.1, -0.05) is 46.9 Å². The fraction of sp³-hybridized carbons (Fsp3) is 0.207. The van der Waals surface area contributed by atoms with Crippen LogP contribution < -0.4 is 13.8 Å². The van der Waals surface area contributed by atoms with Crippen LogP contribution in [0.15, 0.2) is 84.0 Å². The highest BCUT2D eigenvalue weighted by atomic mass is 127. The molecule has 0 saturated carbocycles.